The van der Waals surface area contributed by atoms with Crippen LogP contribution >= 0.6 is 0 Å². The van der Waals surface area contributed by atoms with Crippen LogP contribution in [-0.2, 0) is 38.4 Å². The molecule has 0 spiro atoms. The van der Waals surface area contributed by atoms with Crippen LogP contribution in [0.5, 0.6) is 0 Å². The Morgan fingerprint density at radius 2 is 0.923 bits per heavy atom. The van der Waals surface area contributed by atoms with Gasteiger partial charge in [-0.25, -0.2) is 0 Å². The average molecular weight is 747 g/mol. The standard InChI is InChI=1S/C11H22N2O2.C9H18N2O2.2C7H15N3O2/c1-4-11(13-10(3)15)7-5-6-8-12-9(2)14;1-4-9(5-10-7(2)12)6-11-8(3)13;1-8-6(11)4-10(3)5-7(12)9-2;1-6(11)8-4-10(3)5-9-7(2)12/h11H,4-8H2,1-3H3,(H,12,14)(H,13,15);9H,4-6H2,1-3H3,(H,10,12)(H,11,13);2*4-5H2,1-3H3,(H,8,11)(H,9,12). The Labute approximate surface area is 311 Å². The molecule has 8 N–H and O–H groups in total. The quantitative estimate of drug-likeness (QED) is 0.0559. The van der Waals surface area contributed by atoms with Crippen molar-refractivity contribution in [1.82, 2.24) is 52.3 Å². The first-order chi connectivity index (χ1) is 24.2. The van der Waals surface area contributed by atoms with Crippen molar-refractivity contribution < 1.29 is 38.4 Å². The van der Waals surface area contributed by atoms with Crippen LogP contribution in [0.15, 0.2) is 0 Å². The van der Waals surface area contributed by atoms with Gasteiger partial charge >= 0.3 is 0 Å². The highest BCUT2D eigenvalue weighted by molar-refractivity contribution is 5.80. The second-order valence-corrected chi connectivity index (χ2v) is 12.1. The van der Waals surface area contributed by atoms with Gasteiger partial charge in [-0.1, -0.05) is 13.8 Å². The third kappa shape index (κ3) is 47.8. The molecule has 0 saturated carbocycles. The SMILES string of the molecule is CC(=O)NCN(C)CNC(C)=O.CCC(CCCCNC(C)=O)NC(C)=O.CCC(CNC(C)=O)CNC(C)=O.CNC(=O)CN(C)CC(=O)NC. The molecule has 52 heavy (non-hydrogen) atoms. The molecule has 0 saturated heterocycles. The largest absolute Gasteiger partial charge is 0.358 e. The Balaban J connectivity index is -0.000000297. The number of likely N-dealkylation sites (N-methyl/N-ethyl adjacent to an activating group) is 3. The Hall–Kier alpha value is -4.32. The molecule has 0 fully saturated rings. The Morgan fingerprint density at radius 3 is 1.23 bits per heavy atom. The normalized spacial score (nSPS) is 10.4. The summed E-state index contributed by atoms with van der Waals surface area (Å²) < 4.78 is 0. The van der Waals surface area contributed by atoms with Crippen molar-refractivity contribution in [3.8, 4) is 0 Å². The molecule has 18 nitrogen and oxygen atoms in total. The summed E-state index contributed by atoms with van der Waals surface area (Å²) in [4.78, 5) is 88.6. The summed E-state index contributed by atoms with van der Waals surface area (Å²) in [6.45, 7) is 16.4. The maximum atomic E-state index is 10.8. The first-order valence-electron chi connectivity index (χ1n) is 17.5. The van der Waals surface area contributed by atoms with E-state index in [0.29, 0.717) is 32.3 Å². The fourth-order valence-electron chi connectivity index (χ4n) is 3.64. The van der Waals surface area contributed by atoms with Gasteiger partial charge in [0.1, 0.15) is 0 Å². The number of rotatable bonds is 20. The first kappa shape index (κ1) is 54.5. The van der Waals surface area contributed by atoms with Crippen LogP contribution in [0.4, 0.5) is 0 Å². The topological polar surface area (TPSA) is 239 Å². The van der Waals surface area contributed by atoms with E-state index in [9.17, 15) is 38.4 Å². The summed E-state index contributed by atoms with van der Waals surface area (Å²) in [6.07, 6.45) is 4.88. The van der Waals surface area contributed by atoms with Crippen LogP contribution in [-0.4, -0.2) is 137 Å². The number of nitrogens with zero attached hydrogens (tertiary/aromatic N) is 2. The molecule has 0 bridgehead atoms. The minimum Gasteiger partial charge on any atom is -0.358 e. The number of carbonyl (C=O) groups is 8. The number of nitrogens with one attached hydrogen (secondary N) is 8. The molecule has 0 aliphatic carbocycles. The van der Waals surface area contributed by atoms with Crippen molar-refractivity contribution in [3.63, 3.8) is 0 Å². The van der Waals surface area contributed by atoms with Gasteiger partial charge in [0.25, 0.3) is 0 Å². The molecule has 0 aliphatic rings. The number of unbranched alkanes of at least 4 members (excludes halogenated alkanes) is 1. The van der Waals surface area contributed by atoms with Gasteiger partial charge in [-0.05, 0) is 52.1 Å². The lowest BCUT2D eigenvalue weighted by Crippen LogP contribution is -2.40. The molecule has 0 aromatic carbocycles. The van der Waals surface area contributed by atoms with E-state index in [1.807, 2.05) is 6.92 Å². The molecule has 304 valence electrons. The van der Waals surface area contributed by atoms with Crippen LogP contribution < -0.4 is 42.5 Å². The second kappa shape index (κ2) is 36.5. The molecule has 1 unspecified atom stereocenters. The second-order valence-electron chi connectivity index (χ2n) is 12.1. The Kier molecular flexibility index (Phi) is 38.2. The van der Waals surface area contributed by atoms with Crippen LogP contribution in [0.25, 0.3) is 0 Å². The van der Waals surface area contributed by atoms with Gasteiger partial charge in [0.05, 0.1) is 26.4 Å². The monoisotopic (exact) mass is 747 g/mol. The van der Waals surface area contributed by atoms with E-state index in [2.05, 4.69) is 49.5 Å². The lowest BCUT2D eigenvalue weighted by molar-refractivity contribution is -0.125. The van der Waals surface area contributed by atoms with Gasteiger partial charge < -0.3 is 42.5 Å². The van der Waals surface area contributed by atoms with E-state index in [1.165, 1.54) is 34.6 Å². The van der Waals surface area contributed by atoms with Crippen molar-refractivity contribution in [2.45, 2.75) is 93.5 Å². The zero-order valence-electron chi connectivity index (χ0n) is 33.8. The van der Waals surface area contributed by atoms with Crippen molar-refractivity contribution in [2.24, 2.45) is 5.92 Å². The van der Waals surface area contributed by atoms with Crippen molar-refractivity contribution in [2.75, 3.05) is 74.3 Å². The highest BCUT2D eigenvalue weighted by Gasteiger charge is 2.09. The maximum Gasteiger partial charge on any atom is 0.233 e. The van der Waals surface area contributed by atoms with Crippen molar-refractivity contribution >= 4 is 47.3 Å². The lowest BCUT2D eigenvalue weighted by atomic mass is 10.1. The highest BCUT2D eigenvalue weighted by Crippen LogP contribution is 2.04. The zero-order chi connectivity index (χ0) is 41.1. The summed E-state index contributed by atoms with van der Waals surface area (Å²) in [5, 5.41) is 21.3. The van der Waals surface area contributed by atoms with Gasteiger partial charge in [-0.15, -0.1) is 0 Å². The van der Waals surface area contributed by atoms with E-state index in [0.717, 1.165) is 38.6 Å². The van der Waals surface area contributed by atoms with Crippen LogP contribution in [0.3, 0.4) is 0 Å². The predicted molar refractivity (Wildman–Crippen MR) is 202 cm³/mol. The van der Waals surface area contributed by atoms with Crippen LogP contribution in [0.1, 0.15) is 87.5 Å². The molecule has 8 amide bonds. The third-order valence-corrected chi connectivity index (χ3v) is 6.69. The van der Waals surface area contributed by atoms with Gasteiger partial charge in [-0.3, -0.25) is 48.2 Å². The fraction of sp³-hybridized carbons (Fsp3) is 0.765. The van der Waals surface area contributed by atoms with Gasteiger partial charge in [-0.2, -0.15) is 0 Å². The average Bonchev–Trinajstić information content (AvgIpc) is 3.05. The van der Waals surface area contributed by atoms with Crippen LogP contribution in [0.2, 0.25) is 0 Å². The molecule has 0 aromatic rings. The third-order valence-electron chi connectivity index (χ3n) is 6.69. The maximum absolute atomic E-state index is 10.8. The highest BCUT2D eigenvalue weighted by atomic mass is 16.2. The number of hydrogen-bond acceptors (Lipinski definition) is 10. The van der Waals surface area contributed by atoms with E-state index < -0.39 is 0 Å². The van der Waals surface area contributed by atoms with Crippen LogP contribution in [0, 0.1) is 5.92 Å². The first-order valence-corrected chi connectivity index (χ1v) is 17.5. The molecule has 18 heteroatoms. The molecular weight excluding hydrogens is 676 g/mol. The summed E-state index contributed by atoms with van der Waals surface area (Å²) in [5.74, 6) is -0.0277. The molecule has 0 radical (unpaired) electrons. The molecule has 0 aliphatic heterocycles. The van der Waals surface area contributed by atoms with Gasteiger partial charge in [0.2, 0.25) is 47.3 Å². The van der Waals surface area contributed by atoms with Crippen molar-refractivity contribution in [1.29, 1.82) is 0 Å². The molecule has 1 atom stereocenters. The lowest BCUT2D eigenvalue weighted by Gasteiger charge is -2.16. The summed E-state index contributed by atoms with van der Waals surface area (Å²) >= 11 is 0. The Morgan fingerprint density at radius 1 is 0.519 bits per heavy atom. The Bertz CT molecular complexity index is 992. The summed E-state index contributed by atoms with van der Waals surface area (Å²) in [6, 6.07) is 0.278. The summed E-state index contributed by atoms with van der Waals surface area (Å²) in [5.41, 5.74) is 0. The van der Waals surface area contributed by atoms with E-state index in [-0.39, 0.29) is 66.4 Å². The van der Waals surface area contributed by atoms with Gasteiger partial charge in [0.15, 0.2) is 0 Å². The molecule has 0 aromatic heterocycles. The van der Waals surface area contributed by atoms with Gasteiger partial charge in [0, 0.05) is 81.3 Å². The van der Waals surface area contributed by atoms with E-state index in [1.54, 1.807) is 44.9 Å². The zero-order valence-corrected chi connectivity index (χ0v) is 33.8. The predicted octanol–water partition coefficient (Wildman–Crippen LogP) is -0.992. The minimum atomic E-state index is -0.0959. The molecule has 0 heterocycles. The van der Waals surface area contributed by atoms with Crippen molar-refractivity contribution in [3.05, 3.63) is 0 Å². The minimum absolute atomic E-state index is 0.0175. The van der Waals surface area contributed by atoms with E-state index in [4.69, 9.17) is 0 Å². The number of carbonyl (C=O) groups excluding carboxylic acids is 8. The fourth-order valence-corrected chi connectivity index (χ4v) is 3.64. The molecular formula is C34H70N10O8. The number of amides is 8. The smallest absolute Gasteiger partial charge is 0.233 e. The molecule has 0 rings (SSSR count). The van der Waals surface area contributed by atoms with E-state index >= 15 is 0 Å². The summed E-state index contributed by atoms with van der Waals surface area (Å²) in [7, 11) is 6.64. The number of hydrogen-bond donors (Lipinski definition) is 8.